The van der Waals surface area contributed by atoms with Gasteiger partial charge in [-0.1, -0.05) is 37.8 Å². The molecule has 1 aliphatic carbocycles. The molecular formula is C17H23ClN2. The van der Waals surface area contributed by atoms with Crippen LogP contribution in [0, 0.1) is 12.8 Å². The van der Waals surface area contributed by atoms with Crippen LogP contribution in [0.5, 0.6) is 0 Å². The molecule has 108 valence electrons. The van der Waals surface area contributed by atoms with Crippen molar-refractivity contribution < 1.29 is 0 Å². The number of rotatable bonds is 5. The third-order valence-corrected chi connectivity index (χ3v) is 4.87. The van der Waals surface area contributed by atoms with Crippen molar-refractivity contribution in [2.75, 3.05) is 0 Å². The standard InChI is InChI=1S/C17H23ClN2/c1-13-6-4-10-15-17(13)20(16(12-18)19-15)11-5-9-14-7-2-3-8-14/h4,6,10,14H,2-3,5,7-9,11-12H2,1H3. The van der Waals surface area contributed by atoms with Crippen molar-refractivity contribution >= 4 is 22.6 Å². The van der Waals surface area contributed by atoms with Crippen LogP contribution in [0.2, 0.25) is 0 Å². The zero-order valence-corrected chi connectivity index (χ0v) is 13.0. The molecule has 3 heteroatoms. The maximum absolute atomic E-state index is 6.08. The first-order valence-electron chi connectivity index (χ1n) is 7.80. The van der Waals surface area contributed by atoms with E-state index in [4.69, 9.17) is 11.6 Å². The quantitative estimate of drug-likeness (QED) is 0.704. The van der Waals surface area contributed by atoms with Crippen molar-refractivity contribution in [1.82, 2.24) is 9.55 Å². The molecular weight excluding hydrogens is 268 g/mol. The minimum atomic E-state index is 0.498. The summed E-state index contributed by atoms with van der Waals surface area (Å²) in [5.74, 6) is 2.48. The zero-order valence-electron chi connectivity index (χ0n) is 12.2. The molecule has 0 spiro atoms. The van der Waals surface area contributed by atoms with E-state index in [0.29, 0.717) is 5.88 Å². The Kier molecular flexibility index (Phi) is 4.30. The van der Waals surface area contributed by atoms with Crippen LogP contribution in [0.4, 0.5) is 0 Å². The summed E-state index contributed by atoms with van der Waals surface area (Å²) in [7, 11) is 0. The fourth-order valence-corrected chi connectivity index (χ4v) is 3.80. The highest BCUT2D eigenvalue weighted by Crippen LogP contribution is 2.29. The molecule has 0 bridgehead atoms. The first kappa shape index (κ1) is 13.9. The maximum atomic E-state index is 6.08. The van der Waals surface area contributed by atoms with E-state index in [1.807, 2.05) is 0 Å². The number of aromatic nitrogens is 2. The predicted octanol–water partition coefficient (Wildman–Crippen LogP) is 5.05. The molecule has 0 atom stereocenters. The minimum absolute atomic E-state index is 0.498. The number of hydrogen-bond donors (Lipinski definition) is 0. The van der Waals surface area contributed by atoms with Crippen molar-refractivity contribution in [3.63, 3.8) is 0 Å². The van der Waals surface area contributed by atoms with Gasteiger partial charge in [-0.05, 0) is 37.3 Å². The Labute approximate surface area is 126 Å². The molecule has 0 unspecified atom stereocenters. The van der Waals surface area contributed by atoms with Gasteiger partial charge in [-0.15, -0.1) is 11.6 Å². The second-order valence-electron chi connectivity index (χ2n) is 6.05. The Hall–Kier alpha value is -1.02. The molecule has 0 saturated heterocycles. The van der Waals surface area contributed by atoms with Crippen LogP contribution in [0.3, 0.4) is 0 Å². The predicted molar refractivity (Wildman–Crippen MR) is 85.2 cm³/mol. The van der Waals surface area contributed by atoms with Gasteiger partial charge in [-0.25, -0.2) is 4.98 Å². The summed E-state index contributed by atoms with van der Waals surface area (Å²) in [6.07, 6.45) is 8.34. The van der Waals surface area contributed by atoms with Crippen molar-refractivity contribution in [3.05, 3.63) is 29.6 Å². The van der Waals surface area contributed by atoms with Crippen molar-refractivity contribution in [2.45, 2.75) is 57.9 Å². The van der Waals surface area contributed by atoms with Gasteiger partial charge in [0.2, 0.25) is 0 Å². The van der Waals surface area contributed by atoms with Crippen LogP contribution in [-0.4, -0.2) is 9.55 Å². The van der Waals surface area contributed by atoms with E-state index in [1.54, 1.807) is 0 Å². The lowest BCUT2D eigenvalue weighted by Crippen LogP contribution is -2.05. The first-order valence-corrected chi connectivity index (χ1v) is 8.33. The van der Waals surface area contributed by atoms with Gasteiger partial charge < -0.3 is 4.57 Å². The van der Waals surface area contributed by atoms with E-state index in [2.05, 4.69) is 34.7 Å². The average molecular weight is 291 g/mol. The molecule has 2 nitrogen and oxygen atoms in total. The van der Waals surface area contributed by atoms with Crippen molar-refractivity contribution in [3.8, 4) is 0 Å². The molecule has 1 aromatic heterocycles. The number of aryl methyl sites for hydroxylation is 2. The van der Waals surface area contributed by atoms with E-state index in [1.165, 1.54) is 49.6 Å². The highest BCUT2D eigenvalue weighted by Gasteiger charge is 2.16. The SMILES string of the molecule is Cc1cccc2nc(CCl)n(CCCC3CCCC3)c12. The van der Waals surface area contributed by atoms with Crippen molar-refractivity contribution in [1.29, 1.82) is 0 Å². The fourth-order valence-electron chi connectivity index (χ4n) is 3.59. The molecule has 3 rings (SSSR count). The Bertz CT molecular complexity index is 582. The lowest BCUT2D eigenvalue weighted by atomic mass is 10.0. The summed E-state index contributed by atoms with van der Waals surface area (Å²) < 4.78 is 2.34. The lowest BCUT2D eigenvalue weighted by Gasteiger charge is -2.12. The summed E-state index contributed by atoms with van der Waals surface area (Å²) >= 11 is 6.08. The molecule has 0 amide bonds. The van der Waals surface area contributed by atoms with Crippen LogP contribution < -0.4 is 0 Å². The summed E-state index contributed by atoms with van der Waals surface area (Å²) in [6, 6.07) is 6.33. The van der Waals surface area contributed by atoms with Gasteiger partial charge in [0, 0.05) is 6.54 Å². The molecule has 1 saturated carbocycles. The molecule has 20 heavy (non-hydrogen) atoms. The number of para-hydroxylation sites is 1. The number of imidazole rings is 1. The molecule has 0 aliphatic heterocycles. The molecule has 2 aromatic rings. The first-order chi connectivity index (χ1) is 9.79. The van der Waals surface area contributed by atoms with Gasteiger partial charge in [0.1, 0.15) is 5.82 Å². The number of halogens is 1. The van der Waals surface area contributed by atoms with Crippen LogP contribution in [0.15, 0.2) is 18.2 Å². The third kappa shape index (κ3) is 2.71. The average Bonchev–Trinajstić information content (AvgIpc) is 3.07. The fraction of sp³-hybridized carbons (Fsp3) is 0.588. The number of nitrogens with zero attached hydrogens (tertiary/aromatic N) is 2. The molecule has 1 heterocycles. The summed E-state index contributed by atoms with van der Waals surface area (Å²) in [5.41, 5.74) is 3.66. The Morgan fingerprint density at radius 2 is 2.10 bits per heavy atom. The van der Waals surface area contributed by atoms with Crippen LogP contribution in [-0.2, 0) is 12.4 Å². The zero-order chi connectivity index (χ0) is 13.9. The Balaban J connectivity index is 1.78. The second kappa shape index (κ2) is 6.17. The molecule has 1 aliphatic rings. The van der Waals surface area contributed by atoms with E-state index >= 15 is 0 Å². The summed E-state index contributed by atoms with van der Waals surface area (Å²) in [5, 5.41) is 0. The van der Waals surface area contributed by atoms with Gasteiger partial charge >= 0.3 is 0 Å². The molecule has 1 fully saturated rings. The minimum Gasteiger partial charge on any atom is -0.327 e. The van der Waals surface area contributed by atoms with Crippen LogP contribution in [0.1, 0.15) is 49.9 Å². The lowest BCUT2D eigenvalue weighted by molar-refractivity contribution is 0.458. The maximum Gasteiger partial charge on any atom is 0.124 e. The molecule has 0 N–H and O–H groups in total. The van der Waals surface area contributed by atoms with E-state index < -0.39 is 0 Å². The smallest absolute Gasteiger partial charge is 0.124 e. The van der Waals surface area contributed by atoms with E-state index in [0.717, 1.165) is 23.8 Å². The monoisotopic (exact) mass is 290 g/mol. The van der Waals surface area contributed by atoms with Gasteiger partial charge in [0.05, 0.1) is 16.9 Å². The second-order valence-corrected chi connectivity index (χ2v) is 6.32. The number of alkyl halides is 1. The van der Waals surface area contributed by atoms with Crippen LogP contribution in [0.25, 0.3) is 11.0 Å². The third-order valence-electron chi connectivity index (χ3n) is 4.64. The Morgan fingerprint density at radius 1 is 1.30 bits per heavy atom. The topological polar surface area (TPSA) is 17.8 Å². The number of benzene rings is 1. The van der Waals surface area contributed by atoms with Gasteiger partial charge in [0.15, 0.2) is 0 Å². The summed E-state index contributed by atoms with van der Waals surface area (Å²) in [6.45, 7) is 3.22. The number of fused-ring (bicyclic) bond motifs is 1. The van der Waals surface area contributed by atoms with Gasteiger partial charge in [0.25, 0.3) is 0 Å². The largest absolute Gasteiger partial charge is 0.327 e. The Morgan fingerprint density at radius 3 is 2.85 bits per heavy atom. The summed E-state index contributed by atoms with van der Waals surface area (Å²) in [4.78, 5) is 4.67. The van der Waals surface area contributed by atoms with E-state index in [9.17, 15) is 0 Å². The van der Waals surface area contributed by atoms with Crippen molar-refractivity contribution in [2.24, 2.45) is 5.92 Å². The van der Waals surface area contributed by atoms with Crippen LogP contribution >= 0.6 is 11.6 Å². The normalized spacial score (nSPS) is 16.3. The molecule has 1 aromatic carbocycles. The highest BCUT2D eigenvalue weighted by molar-refractivity contribution is 6.16. The van der Waals surface area contributed by atoms with E-state index in [-0.39, 0.29) is 0 Å². The molecule has 0 radical (unpaired) electrons. The number of hydrogen-bond acceptors (Lipinski definition) is 1. The highest BCUT2D eigenvalue weighted by atomic mass is 35.5. The van der Waals surface area contributed by atoms with Gasteiger partial charge in [-0.3, -0.25) is 0 Å². The van der Waals surface area contributed by atoms with Gasteiger partial charge in [-0.2, -0.15) is 0 Å².